The number of fused-ring (bicyclic) bond motifs is 1. The smallest absolute Gasteiger partial charge is 0.219 e. The molecule has 24 heavy (non-hydrogen) atoms. The minimum absolute atomic E-state index is 0.188. The van der Waals surface area contributed by atoms with Gasteiger partial charge in [-0.2, -0.15) is 0 Å². The third kappa shape index (κ3) is 5.45. The molecule has 1 aromatic heterocycles. The number of nitrogens with zero attached hydrogens (tertiary/aromatic N) is 1. The SMILES string of the molecule is O=C(CCCC[C@@H]1CCSS1)NCCCc1nc2ccccc2[nH]1. The van der Waals surface area contributed by atoms with Crippen LogP contribution >= 0.6 is 21.6 Å². The second-order valence-corrected chi connectivity index (χ2v) is 9.02. The number of nitrogens with one attached hydrogen (secondary N) is 2. The molecule has 130 valence electrons. The number of hydrogen-bond donors (Lipinski definition) is 2. The molecule has 2 heterocycles. The van der Waals surface area contributed by atoms with Gasteiger partial charge in [0.15, 0.2) is 0 Å². The molecule has 1 fully saturated rings. The van der Waals surface area contributed by atoms with Crippen molar-refractivity contribution in [1.82, 2.24) is 15.3 Å². The van der Waals surface area contributed by atoms with Crippen LogP contribution in [0.15, 0.2) is 24.3 Å². The summed E-state index contributed by atoms with van der Waals surface area (Å²) in [7, 11) is 4.01. The average Bonchev–Trinajstić information content (AvgIpc) is 3.24. The molecule has 1 aromatic carbocycles. The Labute approximate surface area is 151 Å². The molecule has 4 nitrogen and oxygen atoms in total. The van der Waals surface area contributed by atoms with E-state index in [1.165, 1.54) is 25.0 Å². The van der Waals surface area contributed by atoms with Gasteiger partial charge in [-0.3, -0.25) is 4.79 Å². The minimum atomic E-state index is 0.188. The fourth-order valence-electron chi connectivity index (χ4n) is 2.92. The van der Waals surface area contributed by atoms with Gasteiger partial charge >= 0.3 is 0 Å². The van der Waals surface area contributed by atoms with E-state index in [-0.39, 0.29) is 5.91 Å². The topological polar surface area (TPSA) is 57.8 Å². The maximum Gasteiger partial charge on any atom is 0.219 e. The highest BCUT2D eigenvalue weighted by Gasteiger charge is 2.15. The van der Waals surface area contributed by atoms with E-state index in [9.17, 15) is 4.79 Å². The molecule has 0 radical (unpaired) electrons. The summed E-state index contributed by atoms with van der Waals surface area (Å²) in [5.41, 5.74) is 2.09. The lowest BCUT2D eigenvalue weighted by Gasteiger charge is -2.07. The van der Waals surface area contributed by atoms with Crippen molar-refractivity contribution in [2.75, 3.05) is 12.3 Å². The number of para-hydroxylation sites is 2. The quantitative estimate of drug-likeness (QED) is 0.514. The zero-order valence-corrected chi connectivity index (χ0v) is 15.6. The van der Waals surface area contributed by atoms with Crippen LogP contribution in [-0.4, -0.2) is 33.4 Å². The van der Waals surface area contributed by atoms with E-state index in [1.807, 2.05) is 45.9 Å². The molecular formula is C18H25N3OS2. The van der Waals surface area contributed by atoms with Crippen molar-refractivity contribution in [3.05, 3.63) is 30.1 Å². The molecule has 6 heteroatoms. The van der Waals surface area contributed by atoms with Crippen LogP contribution < -0.4 is 5.32 Å². The minimum Gasteiger partial charge on any atom is -0.356 e. The first kappa shape index (κ1) is 17.7. The Morgan fingerprint density at radius 3 is 3.04 bits per heavy atom. The highest BCUT2D eigenvalue weighted by molar-refractivity contribution is 8.77. The van der Waals surface area contributed by atoms with Crippen molar-refractivity contribution in [1.29, 1.82) is 0 Å². The van der Waals surface area contributed by atoms with Crippen molar-refractivity contribution in [2.45, 2.75) is 50.2 Å². The monoisotopic (exact) mass is 363 g/mol. The highest BCUT2D eigenvalue weighted by Crippen LogP contribution is 2.39. The first-order chi connectivity index (χ1) is 11.8. The summed E-state index contributed by atoms with van der Waals surface area (Å²) in [5.74, 6) is 2.48. The fourth-order valence-corrected chi connectivity index (χ4v) is 5.95. The summed E-state index contributed by atoms with van der Waals surface area (Å²) in [6.45, 7) is 0.727. The predicted octanol–water partition coefficient (Wildman–Crippen LogP) is 4.33. The van der Waals surface area contributed by atoms with Crippen LogP contribution in [0, 0.1) is 0 Å². The van der Waals surface area contributed by atoms with E-state index in [0.29, 0.717) is 6.42 Å². The van der Waals surface area contributed by atoms with Gasteiger partial charge in [0.05, 0.1) is 11.0 Å². The number of imidazole rings is 1. The molecule has 1 amide bonds. The van der Waals surface area contributed by atoms with Crippen LogP contribution in [0.1, 0.15) is 44.3 Å². The second kappa shape index (κ2) is 9.37. The Hall–Kier alpha value is -1.14. The Morgan fingerprint density at radius 1 is 1.29 bits per heavy atom. The van der Waals surface area contributed by atoms with Gasteiger partial charge in [-0.1, -0.05) is 40.1 Å². The van der Waals surface area contributed by atoms with Gasteiger partial charge in [-0.05, 0) is 37.8 Å². The summed E-state index contributed by atoms with van der Waals surface area (Å²) in [6.07, 6.45) is 7.23. The summed E-state index contributed by atoms with van der Waals surface area (Å²) in [6, 6.07) is 8.06. The number of H-pyrrole nitrogens is 1. The van der Waals surface area contributed by atoms with Gasteiger partial charge in [-0.25, -0.2) is 4.98 Å². The number of aryl methyl sites for hydroxylation is 1. The highest BCUT2D eigenvalue weighted by atomic mass is 33.1. The molecule has 1 aliphatic rings. The molecule has 3 rings (SSSR count). The molecule has 0 unspecified atom stereocenters. The van der Waals surface area contributed by atoms with Gasteiger partial charge in [0.1, 0.15) is 5.82 Å². The number of amides is 1. The normalized spacial score (nSPS) is 17.4. The number of rotatable bonds is 9. The average molecular weight is 364 g/mol. The lowest BCUT2D eigenvalue weighted by atomic mass is 10.1. The van der Waals surface area contributed by atoms with E-state index >= 15 is 0 Å². The molecule has 0 spiro atoms. The number of hydrogen-bond acceptors (Lipinski definition) is 4. The molecule has 1 atom stereocenters. The summed E-state index contributed by atoms with van der Waals surface area (Å²) in [5, 5.41) is 3.85. The zero-order chi connectivity index (χ0) is 16.6. The summed E-state index contributed by atoms with van der Waals surface area (Å²) >= 11 is 0. The van der Waals surface area contributed by atoms with Crippen LogP contribution in [0.5, 0.6) is 0 Å². The number of carbonyl (C=O) groups excluding carboxylic acids is 1. The van der Waals surface area contributed by atoms with Crippen LogP contribution in [0.25, 0.3) is 11.0 Å². The Kier molecular flexibility index (Phi) is 6.90. The summed E-state index contributed by atoms with van der Waals surface area (Å²) in [4.78, 5) is 19.7. The maximum absolute atomic E-state index is 11.8. The second-order valence-electron chi connectivity index (χ2n) is 6.23. The zero-order valence-electron chi connectivity index (χ0n) is 13.9. The largest absolute Gasteiger partial charge is 0.356 e. The van der Waals surface area contributed by atoms with Crippen molar-refractivity contribution in [2.24, 2.45) is 0 Å². The number of unbranched alkanes of at least 4 members (excludes halogenated alkanes) is 1. The van der Waals surface area contributed by atoms with E-state index in [4.69, 9.17) is 0 Å². The molecule has 0 aliphatic carbocycles. The van der Waals surface area contributed by atoms with Gasteiger partial charge in [-0.15, -0.1) is 0 Å². The van der Waals surface area contributed by atoms with Crippen molar-refractivity contribution >= 4 is 38.5 Å². The van der Waals surface area contributed by atoms with E-state index in [1.54, 1.807) is 0 Å². The molecule has 2 aromatic rings. The van der Waals surface area contributed by atoms with Crippen molar-refractivity contribution in [3.63, 3.8) is 0 Å². The number of benzene rings is 1. The van der Waals surface area contributed by atoms with Crippen LogP contribution in [-0.2, 0) is 11.2 Å². The Morgan fingerprint density at radius 2 is 2.21 bits per heavy atom. The van der Waals surface area contributed by atoms with Gasteiger partial charge < -0.3 is 10.3 Å². The lowest BCUT2D eigenvalue weighted by molar-refractivity contribution is -0.121. The van der Waals surface area contributed by atoms with Crippen molar-refractivity contribution < 1.29 is 4.79 Å². The van der Waals surface area contributed by atoms with Crippen molar-refractivity contribution in [3.8, 4) is 0 Å². The molecule has 1 saturated heterocycles. The third-order valence-electron chi connectivity index (χ3n) is 4.26. The van der Waals surface area contributed by atoms with Crippen LogP contribution in [0.2, 0.25) is 0 Å². The lowest BCUT2D eigenvalue weighted by Crippen LogP contribution is -2.24. The van der Waals surface area contributed by atoms with Gasteiger partial charge in [0.2, 0.25) is 5.91 Å². The van der Waals surface area contributed by atoms with Crippen LogP contribution in [0.4, 0.5) is 0 Å². The third-order valence-corrected chi connectivity index (χ3v) is 7.26. The molecule has 2 N–H and O–H groups in total. The van der Waals surface area contributed by atoms with E-state index in [0.717, 1.165) is 47.9 Å². The molecule has 1 aliphatic heterocycles. The summed E-state index contributed by atoms with van der Waals surface area (Å²) < 4.78 is 0. The first-order valence-electron chi connectivity index (χ1n) is 8.80. The van der Waals surface area contributed by atoms with E-state index in [2.05, 4.69) is 15.3 Å². The van der Waals surface area contributed by atoms with Crippen LogP contribution in [0.3, 0.4) is 0 Å². The Bertz CT molecular complexity index is 620. The van der Waals surface area contributed by atoms with Gasteiger partial charge in [0, 0.05) is 30.4 Å². The Balaban J connectivity index is 1.25. The number of carbonyl (C=O) groups is 1. The predicted molar refractivity (Wildman–Crippen MR) is 104 cm³/mol. The fraction of sp³-hybridized carbons (Fsp3) is 0.556. The van der Waals surface area contributed by atoms with Gasteiger partial charge in [0.25, 0.3) is 0 Å². The molecular weight excluding hydrogens is 338 g/mol. The standard InChI is InChI=1S/C18H25N3OS2/c22-18(10-4-1-6-14-11-13-23-24-14)19-12-5-9-17-20-15-7-2-3-8-16(15)21-17/h2-3,7-8,14H,1,4-6,9-13H2,(H,19,22)(H,20,21)/t14-/m1/s1. The molecule has 0 bridgehead atoms. The first-order valence-corrected chi connectivity index (χ1v) is 11.2. The number of aromatic amines is 1. The maximum atomic E-state index is 11.8. The molecule has 0 saturated carbocycles. The van der Waals surface area contributed by atoms with E-state index < -0.39 is 0 Å². The number of aromatic nitrogens is 2.